The lowest BCUT2D eigenvalue weighted by atomic mass is 9.93. The molecular formula is C15H28N2O8S. The van der Waals surface area contributed by atoms with Gasteiger partial charge in [-0.2, -0.15) is 12.6 Å². The van der Waals surface area contributed by atoms with Crippen molar-refractivity contribution in [2.75, 3.05) is 25.5 Å². The van der Waals surface area contributed by atoms with Crippen LogP contribution in [0.5, 0.6) is 0 Å². The maximum atomic E-state index is 11.5. The van der Waals surface area contributed by atoms with Gasteiger partial charge in [-0.15, -0.1) is 0 Å². The molecule has 0 aromatic carbocycles. The average Bonchev–Trinajstić information content (AvgIpc) is 2.59. The maximum Gasteiger partial charge on any atom is 0.220 e. The topological polar surface area (TPSA) is 158 Å². The van der Waals surface area contributed by atoms with E-state index in [9.17, 15) is 30.0 Å². The fourth-order valence-corrected chi connectivity index (χ4v) is 2.65. The first kappa shape index (κ1) is 23.1. The van der Waals surface area contributed by atoms with Crippen LogP contribution in [-0.4, -0.2) is 88.1 Å². The summed E-state index contributed by atoms with van der Waals surface area (Å²) < 4.78 is 10.7. The monoisotopic (exact) mass is 396 g/mol. The summed E-state index contributed by atoms with van der Waals surface area (Å²) in [6, 6.07) is 0. The molecule has 0 aromatic rings. The SMILES string of the molecule is CC(=O)N[C@]1(O)[C@@H](OCCCNC(=O)CCCS)O[C@H](CO)[C@H](O)[C@@H]1O. The Bertz CT molecular complexity index is 469. The minimum atomic E-state index is -2.38. The molecule has 11 heteroatoms. The molecule has 1 rings (SSSR count). The van der Waals surface area contributed by atoms with E-state index in [-0.39, 0.29) is 12.5 Å². The zero-order chi connectivity index (χ0) is 19.7. The highest BCUT2D eigenvalue weighted by Crippen LogP contribution is 2.29. The quantitative estimate of drug-likeness (QED) is 0.121. The molecule has 6 N–H and O–H groups in total. The number of carbonyl (C=O) groups excluding carboxylic acids is 2. The number of amides is 2. The van der Waals surface area contributed by atoms with Crippen LogP contribution in [0.2, 0.25) is 0 Å². The van der Waals surface area contributed by atoms with Crippen LogP contribution >= 0.6 is 12.6 Å². The molecule has 152 valence electrons. The first-order chi connectivity index (χ1) is 12.3. The Morgan fingerprint density at radius 1 is 1.31 bits per heavy atom. The second-order valence-electron chi connectivity index (χ2n) is 6.03. The van der Waals surface area contributed by atoms with Crippen molar-refractivity contribution in [1.82, 2.24) is 10.6 Å². The van der Waals surface area contributed by atoms with Gasteiger partial charge < -0.3 is 40.5 Å². The molecule has 0 aliphatic carbocycles. The van der Waals surface area contributed by atoms with Gasteiger partial charge in [-0.1, -0.05) is 0 Å². The molecule has 1 heterocycles. The van der Waals surface area contributed by atoms with Crippen LogP contribution in [0.25, 0.3) is 0 Å². The average molecular weight is 396 g/mol. The number of hydrogen-bond donors (Lipinski definition) is 7. The number of ether oxygens (including phenoxy) is 2. The molecular weight excluding hydrogens is 368 g/mol. The van der Waals surface area contributed by atoms with E-state index in [1.807, 2.05) is 0 Å². The van der Waals surface area contributed by atoms with Crippen molar-refractivity contribution >= 4 is 24.4 Å². The summed E-state index contributed by atoms with van der Waals surface area (Å²) in [6.07, 6.45) is -4.72. The Labute approximate surface area is 157 Å². The molecule has 1 aliphatic heterocycles. The predicted molar refractivity (Wildman–Crippen MR) is 93.2 cm³/mol. The Hall–Kier alpha value is -0.950. The van der Waals surface area contributed by atoms with Crippen LogP contribution in [0.1, 0.15) is 26.2 Å². The van der Waals surface area contributed by atoms with Crippen molar-refractivity contribution in [3.8, 4) is 0 Å². The number of aliphatic hydroxyl groups excluding tert-OH is 3. The third-order valence-corrected chi connectivity index (χ3v) is 4.16. The van der Waals surface area contributed by atoms with Crippen LogP contribution in [0.3, 0.4) is 0 Å². The van der Waals surface area contributed by atoms with E-state index < -0.39 is 42.8 Å². The summed E-state index contributed by atoms with van der Waals surface area (Å²) in [6.45, 7) is 0.855. The van der Waals surface area contributed by atoms with Crippen molar-refractivity contribution in [3.63, 3.8) is 0 Å². The fourth-order valence-electron chi connectivity index (χ4n) is 2.50. The first-order valence-corrected chi connectivity index (χ1v) is 9.02. The second-order valence-corrected chi connectivity index (χ2v) is 6.48. The van der Waals surface area contributed by atoms with Gasteiger partial charge in [0.15, 0.2) is 0 Å². The summed E-state index contributed by atoms with van der Waals surface area (Å²) >= 11 is 4.02. The lowest BCUT2D eigenvalue weighted by molar-refractivity contribution is -0.347. The minimum Gasteiger partial charge on any atom is -0.394 e. The van der Waals surface area contributed by atoms with Gasteiger partial charge in [0.2, 0.25) is 23.8 Å². The van der Waals surface area contributed by atoms with Crippen LogP contribution in [-0.2, 0) is 19.1 Å². The summed E-state index contributed by atoms with van der Waals surface area (Å²) in [5.74, 6) is -0.159. The smallest absolute Gasteiger partial charge is 0.220 e. The molecule has 0 unspecified atom stereocenters. The van der Waals surface area contributed by atoms with Crippen LogP contribution in [0.15, 0.2) is 0 Å². The number of thiol groups is 1. The molecule has 0 radical (unpaired) electrons. The predicted octanol–water partition coefficient (Wildman–Crippen LogP) is -2.52. The van der Waals surface area contributed by atoms with Gasteiger partial charge in [-0.05, 0) is 18.6 Å². The van der Waals surface area contributed by atoms with Crippen molar-refractivity contribution in [2.24, 2.45) is 0 Å². The Kier molecular flexibility index (Phi) is 9.79. The molecule has 1 saturated heterocycles. The molecule has 1 aliphatic rings. The maximum absolute atomic E-state index is 11.5. The molecule has 1 fully saturated rings. The second kappa shape index (κ2) is 11.0. The summed E-state index contributed by atoms with van der Waals surface area (Å²) in [4.78, 5) is 22.8. The van der Waals surface area contributed by atoms with E-state index in [2.05, 4.69) is 23.3 Å². The molecule has 10 nitrogen and oxygen atoms in total. The Morgan fingerprint density at radius 3 is 2.58 bits per heavy atom. The molecule has 5 atom stereocenters. The fraction of sp³-hybridized carbons (Fsp3) is 0.867. The van der Waals surface area contributed by atoms with Gasteiger partial charge in [-0.3, -0.25) is 9.59 Å². The van der Waals surface area contributed by atoms with Crippen molar-refractivity contribution in [2.45, 2.75) is 56.5 Å². The van der Waals surface area contributed by atoms with Gasteiger partial charge >= 0.3 is 0 Å². The molecule has 2 amide bonds. The molecule has 26 heavy (non-hydrogen) atoms. The van der Waals surface area contributed by atoms with E-state index >= 15 is 0 Å². The Morgan fingerprint density at radius 2 is 2.00 bits per heavy atom. The van der Waals surface area contributed by atoms with Gasteiger partial charge in [0.1, 0.15) is 18.3 Å². The number of nitrogens with one attached hydrogen (secondary N) is 2. The summed E-state index contributed by atoms with van der Waals surface area (Å²) in [7, 11) is 0. The molecule has 0 aromatic heterocycles. The first-order valence-electron chi connectivity index (χ1n) is 8.39. The van der Waals surface area contributed by atoms with Gasteiger partial charge in [-0.25, -0.2) is 0 Å². The lowest BCUT2D eigenvalue weighted by Crippen LogP contribution is -2.73. The van der Waals surface area contributed by atoms with Crippen LogP contribution in [0, 0.1) is 0 Å². The zero-order valence-electron chi connectivity index (χ0n) is 14.6. The highest BCUT2D eigenvalue weighted by atomic mass is 32.1. The van der Waals surface area contributed by atoms with Gasteiger partial charge in [0.25, 0.3) is 0 Å². The highest BCUT2D eigenvalue weighted by molar-refractivity contribution is 7.80. The highest BCUT2D eigenvalue weighted by Gasteiger charge is 2.56. The van der Waals surface area contributed by atoms with E-state index in [4.69, 9.17) is 9.47 Å². The van der Waals surface area contributed by atoms with Gasteiger partial charge in [0, 0.05) is 19.9 Å². The molecule has 0 saturated carbocycles. The van der Waals surface area contributed by atoms with E-state index in [0.29, 0.717) is 31.6 Å². The van der Waals surface area contributed by atoms with E-state index in [0.717, 1.165) is 6.92 Å². The third-order valence-electron chi connectivity index (χ3n) is 3.84. The molecule has 0 spiro atoms. The van der Waals surface area contributed by atoms with Crippen molar-refractivity contribution in [1.29, 1.82) is 0 Å². The number of rotatable bonds is 10. The van der Waals surface area contributed by atoms with E-state index in [1.54, 1.807) is 0 Å². The van der Waals surface area contributed by atoms with Gasteiger partial charge in [0.05, 0.1) is 13.2 Å². The van der Waals surface area contributed by atoms with Crippen molar-refractivity contribution in [3.05, 3.63) is 0 Å². The number of carbonyl (C=O) groups is 2. The number of aliphatic hydroxyl groups is 4. The molecule has 0 bridgehead atoms. The normalized spacial score (nSPS) is 31.5. The minimum absolute atomic E-state index is 0.0281. The summed E-state index contributed by atoms with van der Waals surface area (Å²) in [5, 5.41) is 44.6. The van der Waals surface area contributed by atoms with E-state index in [1.165, 1.54) is 0 Å². The standard InChI is InChI=1S/C15H28N2O8S/c1-9(19)17-15(23)13(22)12(21)10(8-18)25-14(15)24-6-3-5-16-11(20)4-2-7-26/h10,12-14,18,21-23,26H,2-8H2,1H3,(H,16,20)(H,17,19)/t10-,12+,13+,14+,15-/m1/s1. The zero-order valence-corrected chi connectivity index (χ0v) is 15.5. The summed E-state index contributed by atoms with van der Waals surface area (Å²) in [5.41, 5.74) is -2.38. The van der Waals surface area contributed by atoms with Crippen LogP contribution < -0.4 is 10.6 Å². The largest absolute Gasteiger partial charge is 0.394 e. The lowest BCUT2D eigenvalue weighted by Gasteiger charge is -2.47. The Balaban J connectivity index is 2.57. The van der Waals surface area contributed by atoms with Crippen LogP contribution in [0.4, 0.5) is 0 Å². The van der Waals surface area contributed by atoms with Crippen molar-refractivity contribution < 1.29 is 39.5 Å². The number of hydrogen-bond acceptors (Lipinski definition) is 9. The third kappa shape index (κ3) is 6.34.